The van der Waals surface area contributed by atoms with Gasteiger partial charge >= 0.3 is 0 Å². The molecule has 0 spiro atoms. The zero-order chi connectivity index (χ0) is 11.0. The highest BCUT2D eigenvalue weighted by Crippen LogP contribution is 2.40. The van der Waals surface area contributed by atoms with Gasteiger partial charge in [-0.1, -0.05) is 24.3 Å². The summed E-state index contributed by atoms with van der Waals surface area (Å²) in [5.41, 5.74) is 2.84. The van der Waals surface area contributed by atoms with Gasteiger partial charge < -0.3 is 10.1 Å². The van der Waals surface area contributed by atoms with Gasteiger partial charge in [0.05, 0.1) is 12.2 Å². The normalized spacial score (nSPS) is 30.3. The van der Waals surface area contributed by atoms with Gasteiger partial charge in [-0.25, -0.2) is 0 Å². The molecule has 1 aliphatic heterocycles. The maximum Gasteiger partial charge on any atom is 0.0953 e. The summed E-state index contributed by atoms with van der Waals surface area (Å²) in [4.78, 5) is 0. The summed E-state index contributed by atoms with van der Waals surface area (Å²) in [6.07, 6.45) is 3.29. The van der Waals surface area contributed by atoms with E-state index in [1.54, 1.807) is 0 Å². The molecular weight excluding hydrogens is 198 g/mol. The fourth-order valence-electron chi connectivity index (χ4n) is 2.42. The summed E-state index contributed by atoms with van der Waals surface area (Å²) in [5, 5.41) is 3.42. The predicted molar refractivity (Wildman–Crippen MR) is 64.6 cm³/mol. The molecule has 0 radical (unpaired) electrons. The van der Waals surface area contributed by atoms with Gasteiger partial charge in [-0.15, -0.1) is 0 Å². The minimum atomic E-state index is 0.238. The molecule has 1 heterocycles. The third kappa shape index (κ3) is 2.13. The zero-order valence-corrected chi connectivity index (χ0v) is 9.78. The van der Waals surface area contributed by atoms with Gasteiger partial charge in [-0.05, 0) is 36.8 Å². The van der Waals surface area contributed by atoms with E-state index in [0.717, 1.165) is 19.0 Å². The van der Waals surface area contributed by atoms with Crippen LogP contribution in [0.25, 0.3) is 0 Å². The first kappa shape index (κ1) is 10.3. The van der Waals surface area contributed by atoms with Crippen LogP contribution in [0.5, 0.6) is 0 Å². The Balaban J connectivity index is 1.79. The predicted octanol–water partition coefficient (Wildman–Crippen LogP) is 2.61. The van der Waals surface area contributed by atoms with Crippen molar-refractivity contribution < 1.29 is 4.74 Å². The number of morpholine rings is 1. The van der Waals surface area contributed by atoms with Gasteiger partial charge in [0.15, 0.2) is 0 Å². The molecule has 0 amide bonds. The SMILES string of the molecule is CC1CNCC(c2cccc(C3CC3)c2)O1. The van der Waals surface area contributed by atoms with Crippen molar-refractivity contribution in [2.45, 2.75) is 37.9 Å². The van der Waals surface area contributed by atoms with Gasteiger partial charge in [-0.3, -0.25) is 0 Å². The van der Waals surface area contributed by atoms with E-state index in [4.69, 9.17) is 4.74 Å². The van der Waals surface area contributed by atoms with Crippen LogP contribution in [0, 0.1) is 0 Å². The second kappa shape index (κ2) is 4.19. The molecule has 86 valence electrons. The van der Waals surface area contributed by atoms with Crippen LogP contribution in [0.15, 0.2) is 24.3 Å². The number of rotatable bonds is 2. The van der Waals surface area contributed by atoms with E-state index in [0.29, 0.717) is 6.10 Å². The summed E-state index contributed by atoms with van der Waals surface area (Å²) in [5.74, 6) is 0.828. The van der Waals surface area contributed by atoms with Crippen molar-refractivity contribution in [2.75, 3.05) is 13.1 Å². The Labute approximate surface area is 97.0 Å². The smallest absolute Gasteiger partial charge is 0.0953 e. The Bertz CT molecular complexity index is 373. The Hall–Kier alpha value is -0.860. The molecule has 1 aliphatic carbocycles. The molecule has 2 heteroatoms. The van der Waals surface area contributed by atoms with Crippen molar-refractivity contribution >= 4 is 0 Å². The molecule has 0 bridgehead atoms. The standard InChI is InChI=1S/C14H19NO/c1-10-8-15-9-14(16-10)13-4-2-3-12(7-13)11-5-6-11/h2-4,7,10-11,14-15H,5-6,8-9H2,1H3. The molecule has 2 nitrogen and oxygen atoms in total. The highest BCUT2D eigenvalue weighted by molar-refractivity contribution is 5.30. The van der Waals surface area contributed by atoms with E-state index in [1.807, 2.05) is 0 Å². The number of hydrogen-bond donors (Lipinski definition) is 1. The summed E-state index contributed by atoms with van der Waals surface area (Å²) in [7, 11) is 0. The van der Waals surface area contributed by atoms with Gasteiger partial charge in [0, 0.05) is 13.1 Å². The fraction of sp³-hybridized carbons (Fsp3) is 0.571. The molecule has 1 N–H and O–H groups in total. The topological polar surface area (TPSA) is 21.3 Å². The molecule has 3 rings (SSSR count). The Kier molecular flexibility index (Phi) is 2.70. The summed E-state index contributed by atoms with van der Waals surface area (Å²) in [6.45, 7) is 4.04. The molecule has 0 aromatic heterocycles. The quantitative estimate of drug-likeness (QED) is 0.822. The minimum Gasteiger partial charge on any atom is -0.368 e. The molecule has 1 saturated carbocycles. The van der Waals surface area contributed by atoms with Crippen molar-refractivity contribution in [2.24, 2.45) is 0 Å². The molecule has 2 aliphatic rings. The van der Waals surface area contributed by atoms with Crippen LogP contribution in [0.2, 0.25) is 0 Å². The van der Waals surface area contributed by atoms with Crippen LogP contribution >= 0.6 is 0 Å². The Morgan fingerprint density at radius 3 is 2.75 bits per heavy atom. The Morgan fingerprint density at radius 2 is 2.00 bits per heavy atom. The summed E-state index contributed by atoms with van der Waals surface area (Å²) < 4.78 is 5.96. The van der Waals surface area contributed by atoms with Gasteiger partial charge in [0.1, 0.15) is 0 Å². The summed E-state index contributed by atoms with van der Waals surface area (Å²) >= 11 is 0. The van der Waals surface area contributed by atoms with E-state index in [1.165, 1.54) is 24.0 Å². The first-order chi connectivity index (χ1) is 7.83. The van der Waals surface area contributed by atoms with Crippen LogP contribution in [0.3, 0.4) is 0 Å². The molecule has 1 aromatic carbocycles. The second-order valence-corrected chi connectivity index (χ2v) is 5.04. The van der Waals surface area contributed by atoms with Crippen molar-refractivity contribution in [3.05, 3.63) is 35.4 Å². The van der Waals surface area contributed by atoms with Gasteiger partial charge in [0.25, 0.3) is 0 Å². The molecule has 2 fully saturated rings. The van der Waals surface area contributed by atoms with E-state index < -0.39 is 0 Å². The van der Waals surface area contributed by atoms with Crippen molar-refractivity contribution in [3.63, 3.8) is 0 Å². The third-order valence-corrected chi connectivity index (χ3v) is 3.49. The van der Waals surface area contributed by atoms with Crippen LogP contribution in [0.1, 0.15) is 42.9 Å². The zero-order valence-electron chi connectivity index (χ0n) is 9.78. The van der Waals surface area contributed by atoms with Crippen LogP contribution in [-0.4, -0.2) is 19.2 Å². The first-order valence-electron chi connectivity index (χ1n) is 6.29. The Morgan fingerprint density at radius 1 is 1.19 bits per heavy atom. The maximum absolute atomic E-state index is 5.96. The minimum absolute atomic E-state index is 0.238. The van der Waals surface area contributed by atoms with Crippen molar-refractivity contribution in [1.82, 2.24) is 5.32 Å². The lowest BCUT2D eigenvalue weighted by Gasteiger charge is -2.29. The lowest BCUT2D eigenvalue weighted by atomic mass is 10.0. The highest BCUT2D eigenvalue weighted by atomic mass is 16.5. The molecule has 1 saturated heterocycles. The van der Waals surface area contributed by atoms with Crippen LogP contribution in [-0.2, 0) is 4.74 Å². The monoisotopic (exact) mass is 217 g/mol. The molecule has 2 atom stereocenters. The van der Waals surface area contributed by atoms with E-state index >= 15 is 0 Å². The van der Waals surface area contributed by atoms with Gasteiger partial charge in [0.2, 0.25) is 0 Å². The number of hydrogen-bond acceptors (Lipinski definition) is 2. The summed E-state index contributed by atoms with van der Waals surface area (Å²) in [6, 6.07) is 8.95. The fourth-order valence-corrected chi connectivity index (χ4v) is 2.42. The van der Waals surface area contributed by atoms with Gasteiger partial charge in [-0.2, -0.15) is 0 Å². The van der Waals surface area contributed by atoms with E-state index in [2.05, 4.69) is 36.5 Å². The largest absolute Gasteiger partial charge is 0.368 e. The van der Waals surface area contributed by atoms with Crippen LogP contribution in [0.4, 0.5) is 0 Å². The second-order valence-electron chi connectivity index (χ2n) is 5.04. The van der Waals surface area contributed by atoms with E-state index in [-0.39, 0.29) is 6.10 Å². The van der Waals surface area contributed by atoms with Crippen molar-refractivity contribution in [1.29, 1.82) is 0 Å². The lowest BCUT2D eigenvalue weighted by molar-refractivity contribution is -0.0287. The van der Waals surface area contributed by atoms with Crippen LogP contribution < -0.4 is 5.32 Å². The maximum atomic E-state index is 5.96. The van der Waals surface area contributed by atoms with E-state index in [9.17, 15) is 0 Å². The molecular formula is C14H19NO. The first-order valence-corrected chi connectivity index (χ1v) is 6.29. The average Bonchev–Trinajstić information content (AvgIpc) is 3.13. The average molecular weight is 217 g/mol. The number of nitrogens with one attached hydrogen (secondary N) is 1. The number of ether oxygens (including phenoxy) is 1. The lowest BCUT2D eigenvalue weighted by Crippen LogP contribution is -2.38. The highest BCUT2D eigenvalue weighted by Gasteiger charge is 2.25. The molecule has 2 unspecified atom stereocenters. The molecule has 1 aromatic rings. The third-order valence-electron chi connectivity index (χ3n) is 3.49. The van der Waals surface area contributed by atoms with Crippen molar-refractivity contribution in [3.8, 4) is 0 Å². The molecule has 16 heavy (non-hydrogen) atoms. The number of benzene rings is 1.